The normalized spacial score (nSPS) is 12.8. The Kier molecular flexibility index (Phi) is 4.14. The Bertz CT molecular complexity index is 227. The zero-order valence-electron chi connectivity index (χ0n) is 5.82. The van der Waals surface area contributed by atoms with Crippen LogP contribution in [0.25, 0.3) is 0 Å². The second-order valence-corrected chi connectivity index (χ2v) is 2.18. The maximum atomic E-state index is 10.4. The van der Waals surface area contributed by atoms with Gasteiger partial charge in [0.25, 0.3) is 0 Å². The van der Waals surface area contributed by atoms with Crippen LogP contribution in [0.2, 0.25) is 0 Å². The summed E-state index contributed by atoms with van der Waals surface area (Å²) in [5.74, 6) is -1.10. The molecule has 0 rings (SSSR count). The van der Waals surface area contributed by atoms with E-state index < -0.39 is 5.97 Å². The molecule has 3 N–H and O–H groups in total. The van der Waals surface area contributed by atoms with Gasteiger partial charge in [-0.15, -0.1) is 12.6 Å². The highest BCUT2D eigenvalue weighted by molar-refractivity contribution is 7.84. The van der Waals surface area contributed by atoms with Gasteiger partial charge in [0.2, 0.25) is 0 Å². The average Bonchev–Trinajstić information content (AvgIpc) is 1.87. The summed E-state index contributed by atoms with van der Waals surface area (Å²) in [6.45, 7) is 3.38. The first-order valence-corrected chi connectivity index (χ1v) is 3.25. The van der Waals surface area contributed by atoms with Gasteiger partial charge in [0.05, 0.1) is 10.6 Å². The van der Waals surface area contributed by atoms with Gasteiger partial charge in [0, 0.05) is 0 Å². The van der Waals surface area contributed by atoms with E-state index >= 15 is 0 Å². The zero-order valence-corrected chi connectivity index (χ0v) is 6.71. The number of carboxylic acid groups (broad SMARTS) is 1. The van der Waals surface area contributed by atoms with Crippen LogP contribution in [0.4, 0.5) is 0 Å². The van der Waals surface area contributed by atoms with E-state index in [4.69, 9.17) is 10.8 Å². The lowest BCUT2D eigenvalue weighted by Gasteiger charge is -1.94. The summed E-state index contributed by atoms with van der Waals surface area (Å²) in [6, 6.07) is 0. The number of hydrogen-bond donors (Lipinski definition) is 3. The molecule has 0 aromatic rings. The molecular weight excluding hydrogens is 162 g/mol. The topological polar surface area (TPSA) is 63.3 Å². The van der Waals surface area contributed by atoms with Gasteiger partial charge in [0.15, 0.2) is 0 Å². The number of carbonyl (C=O) groups is 1. The van der Waals surface area contributed by atoms with Crippen molar-refractivity contribution in [3.8, 4) is 0 Å². The zero-order chi connectivity index (χ0) is 8.85. The molecule has 0 aromatic carbocycles. The highest BCUT2D eigenvalue weighted by atomic mass is 32.1. The van der Waals surface area contributed by atoms with Crippen LogP contribution in [0, 0.1) is 0 Å². The SMILES string of the molecule is C=C/C=C\C(C(=O)O)=C(/N)S. The van der Waals surface area contributed by atoms with Gasteiger partial charge in [-0.25, -0.2) is 4.79 Å². The van der Waals surface area contributed by atoms with E-state index in [9.17, 15) is 4.79 Å². The molecule has 0 aliphatic rings. The Balaban J connectivity index is 4.64. The van der Waals surface area contributed by atoms with E-state index in [0.29, 0.717) is 0 Å². The van der Waals surface area contributed by atoms with Crippen LogP contribution in [0.15, 0.2) is 35.4 Å². The predicted molar refractivity (Wildman–Crippen MR) is 47.2 cm³/mol. The summed E-state index contributed by atoms with van der Waals surface area (Å²) >= 11 is 3.70. The van der Waals surface area contributed by atoms with Gasteiger partial charge in [-0.05, 0) is 6.08 Å². The highest BCUT2D eigenvalue weighted by Crippen LogP contribution is 2.04. The molecule has 0 aromatic heterocycles. The Hall–Kier alpha value is -1.16. The summed E-state index contributed by atoms with van der Waals surface area (Å²) < 4.78 is 0. The maximum absolute atomic E-state index is 10.4. The number of rotatable bonds is 3. The first-order chi connectivity index (χ1) is 5.09. The van der Waals surface area contributed by atoms with Crippen molar-refractivity contribution in [1.29, 1.82) is 0 Å². The Morgan fingerprint density at radius 3 is 2.45 bits per heavy atom. The van der Waals surface area contributed by atoms with Gasteiger partial charge < -0.3 is 10.8 Å². The molecule has 0 bridgehead atoms. The van der Waals surface area contributed by atoms with Crippen LogP contribution >= 0.6 is 12.6 Å². The first kappa shape index (κ1) is 9.84. The van der Waals surface area contributed by atoms with Crippen LogP contribution in [0.5, 0.6) is 0 Å². The molecule has 0 unspecified atom stereocenters. The van der Waals surface area contributed by atoms with Crippen LogP contribution in [0.1, 0.15) is 0 Å². The third-order valence-electron chi connectivity index (χ3n) is 0.905. The minimum Gasteiger partial charge on any atom is -0.478 e. The Morgan fingerprint density at radius 1 is 1.64 bits per heavy atom. The minimum atomic E-state index is -1.10. The molecule has 0 radical (unpaired) electrons. The van der Waals surface area contributed by atoms with Crippen LogP contribution in [0.3, 0.4) is 0 Å². The molecule has 0 aliphatic carbocycles. The lowest BCUT2D eigenvalue weighted by atomic mass is 10.2. The standard InChI is InChI=1S/C7H9NO2S/c1-2-3-4-5(6(8)11)7(9)10/h2-4,11H,1,8H2,(H,9,10)/b4-3-,6-5-. The van der Waals surface area contributed by atoms with E-state index in [0.717, 1.165) is 0 Å². The molecule has 0 atom stereocenters. The van der Waals surface area contributed by atoms with Gasteiger partial charge >= 0.3 is 5.97 Å². The smallest absolute Gasteiger partial charge is 0.338 e. The van der Waals surface area contributed by atoms with Gasteiger partial charge in [-0.3, -0.25) is 0 Å². The van der Waals surface area contributed by atoms with Crippen molar-refractivity contribution in [2.24, 2.45) is 5.73 Å². The lowest BCUT2D eigenvalue weighted by molar-refractivity contribution is -0.132. The molecule has 0 spiro atoms. The van der Waals surface area contributed by atoms with Crippen molar-refractivity contribution in [2.75, 3.05) is 0 Å². The van der Waals surface area contributed by atoms with Crippen molar-refractivity contribution in [3.05, 3.63) is 35.4 Å². The molecule has 0 amide bonds. The van der Waals surface area contributed by atoms with E-state index in [1.807, 2.05) is 0 Å². The quantitative estimate of drug-likeness (QED) is 0.336. The fourth-order valence-corrected chi connectivity index (χ4v) is 0.601. The highest BCUT2D eigenvalue weighted by Gasteiger charge is 2.04. The monoisotopic (exact) mass is 171 g/mol. The van der Waals surface area contributed by atoms with E-state index in [1.165, 1.54) is 18.2 Å². The van der Waals surface area contributed by atoms with Crippen molar-refractivity contribution in [2.45, 2.75) is 0 Å². The first-order valence-electron chi connectivity index (χ1n) is 2.80. The number of nitrogens with two attached hydrogens (primary N) is 1. The fourth-order valence-electron chi connectivity index (χ4n) is 0.430. The van der Waals surface area contributed by atoms with Crippen LogP contribution < -0.4 is 5.73 Å². The number of thiol groups is 1. The minimum absolute atomic E-state index is 0.0180. The van der Waals surface area contributed by atoms with E-state index in [2.05, 4.69) is 19.2 Å². The fraction of sp³-hybridized carbons (Fsp3) is 0. The molecule has 3 nitrogen and oxygen atoms in total. The molecule has 11 heavy (non-hydrogen) atoms. The third kappa shape index (κ3) is 3.52. The van der Waals surface area contributed by atoms with Gasteiger partial charge in [0.1, 0.15) is 0 Å². The number of hydrogen-bond acceptors (Lipinski definition) is 3. The van der Waals surface area contributed by atoms with E-state index in [1.54, 1.807) is 0 Å². The van der Waals surface area contributed by atoms with Crippen LogP contribution in [-0.4, -0.2) is 11.1 Å². The third-order valence-corrected chi connectivity index (χ3v) is 1.15. The van der Waals surface area contributed by atoms with Crippen molar-refractivity contribution in [3.63, 3.8) is 0 Å². The Morgan fingerprint density at radius 2 is 2.18 bits per heavy atom. The molecule has 0 saturated carbocycles. The van der Waals surface area contributed by atoms with Crippen molar-refractivity contribution >= 4 is 18.6 Å². The lowest BCUT2D eigenvalue weighted by Crippen LogP contribution is -2.04. The second kappa shape index (κ2) is 4.62. The van der Waals surface area contributed by atoms with Crippen molar-refractivity contribution in [1.82, 2.24) is 0 Å². The number of carboxylic acids is 1. The van der Waals surface area contributed by atoms with Crippen molar-refractivity contribution < 1.29 is 9.90 Å². The average molecular weight is 171 g/mol. The second-order valence-electron chi connectivity index (χ2n) is 1.70. The molecule has 0 aliphatic heterocycles. The number of aliphatic carboxylic acids is 1. The summed E-state index contributed by atoms with van der Waals surface area (Å²) in [6.07, 6.45) is 4.27. The summed E-state index contributed by atoms with van der Waals surface area (Å²) in [5.41, 5.74) is 5.12. The predicted octanol–water partition coefficient (Wildman–Crippen LogP) is 0.913. The summed E-state index contributed by atoms with van der Waals surface area (Å²) in [5, 5.41) is 8.48. The molecule has 0 saturated heterocycles. The van der Waals surface area contributed by atoms with Gasteiger partial charge in [-0.2, -0.15) is 0 Å². The molecule has 0 heterocycles. The molecule has 4 heteroatoms. The summed E-state index contributed by atoms with van der Waals surface area (Å²) in [4.78, 5) is 10.4. The van der Waals surface area contributed by atoms with E-state index in [-0.39, 0.29) is 10.6 Å². The largest absolute Gasteiger partial charge is 0.478 e. The Labute approximate surface area is 70.3 Å². The summed E-state index contributed by atoms with van der Waals surface area (Å²) in [7, 11) is 0. The maximum Gasteiger partial charge on any atom is 0.338 e. The number of allylic oxidation sites excluding steroid dienone is 2. The molecular formula is C7H9NO2S. The van der Waals surface area contributed by atoms with Gasteiger partial charge in [-0.1, -0.05) is 18.7 Å². The molecule has 0 fully saturated rings. The van der Waals surface area contributed by atoms with Crippen LogP contribution in [-0.2, 0) is 4.79 Å². The molecule has 60 valence electrons.